The SMILES string of the molecule is CC(=O)Oc1ccc(C#N)c(OC(=O)c2cccc(C(=O)n3c(=O)c(F)cn(C4CCCO4)c3=O)c2)n1. The van der Waals surface area contributed by atoms with Gasteiger partial charge in [-0.05, 0) is 37.1 Å². The molecule has 37 heavy (non-hydrogen) atoms. The lowest BCUT2D eigenvalue weighted by Gasteiger charge is -2.15. The van der Waals surface area contributed by atoms with Gasteiger partial charge in [-0.15, -0.1) is 0 Å². The van der Waals surface area contributed by atoms with Crippen LogP contribution >= 0.6 is 0 Å². The Balaban J connectivity index is 1.66. The van der Waals surface area contributed by atoms with E-state index < -0.39 is 47.0 Å². The Kier molecular flexibility index (Phi) is 7.03. The second kappa shape index (κ2) is 10.3. The molecule has 188 valence electrons. The summed E-state index contributed by atoms with van der Waals surface area (Å²) >= 11 is 0. The first-order chi connectivity index (χ1) is 17.7. The van der Waals surface area contributed by atoms with E-state index in [1.54, 1.807) is 6.07 Å². The molecule has 4 rings (SSSR count). The van der Waals surface area contributed by atoms with Gasteiger partial charge in [-0.25, -0.2) is 9.59 Å². The average molecular weight is 508 g/mol. The molecule has 1 aromatic carbocycles. The molecule has 0 N–H and O–H groups in total. The number of carbonyl (C=O) groups is 3. The number of nitrogens with zero attached hydrogens (tertiary/aromatic N) is 4. The van der Waals surface area contributed by atoms with Gasteiger partial charge in [-0.1, -0.05) is 6.07 Å². The van der Waals surface area contributed by atoms with Crippen molar-refractivity contribution in [1.29, 1.82) is 5.26 Å². The van der Waals surface area contributed by atoms with Crippen molar-refractivity contribution in [2.45, 2.75) is 26.0 Å². The van der Waals surface area contributed by atoms with Crippen LogP contribution in [0.25, 0.3) is 0 Å². The summed E-state index contributed by atoms with van der Waals surface area (Å²) in [6.07, 6.45) is 0.877. The highest BCUT2D eigenvalue weighted by Gasteiger charge is 2.26. The molecule has 0 radical (unpaired) electrons. The fraction of sp³-hybridized carbons (Fsp3) is 0.208. The molecule has 1 aliphatic heterocycles. The van der Waals surface area contributed by atoms with Gasteiger partial charge >= 0.3 is 17.6 Å². The van der Waals surface area contributed by atoms with Crippen molar-refractivity contribution in [3.05, 3.63) is 85.9 Å². The normalized spacial score (nSPS) is 14.6. The highest BCUT2D eigenvalue weighted by molar-refractivity contribution is 5.99. The molecular formula is C24H17FN4O8. The number of nitriles is 1. The molecule has 0 aliphatic carbocycles. The second-order valence-corrected chi connectivity index (χ2v) is 7.76. The van der Waals surface area contributed by atoms with E-state index in [4.69, 9.17) is 14.2 Å². The molecule has 12 nitrogen and oxygen atoms in total. The number of benzene rings is 1. The van der Waals surface area contributed by atoms with E-state index in [1.807, 2.05) is 0 Å². The average Bonchev–Trinajstić information content (AvgIpc) is 3.41. The van der Waals surface area contributed by atoms with Crippen molar-refractivity contribution in [1.82, 2.24) is 14.1 Å². The molecule has 3 aromatic rings. The molecule has 0 amide bonds. The van der Waals surface area contributed by atoms with Gasteiger partial charge in [0.2, 0.25) is 17.6 Å². The van der Waals surface area contributed by atoms with Gasteiger partial charge in [0.15, 0.2) is 0 Å². The smallest absolute Gasteiger partial charge is 0.344 e. The zero-order chi connectivity index (χ0) is 26.7. The summed E-state index contributed by atoms with van der Waals surface area (Å²) in [5.74, 6) is -4.92. The van der Waals surface area contributed by atoms with E-state index in [-0.39, 0.29) is 27.1 Å². The summed E-state index contributed by atoms with van der Waals surface area (Å²) in [4.78, 5) is 66.0. The minimum absolute atomic E-state index is 0.124. The van der Waals surface area contributed by atoms with Crippen molar-refractivity contribution in [2.24, 2.45) is 0 Å². The van der Waals surface area contributed by atoms with Gasteiger partial charge in [0, 0.05) is 25.2 Å². The molecule has 1 saturated heterocycles. The molecule has 1 aliphatic rings. The standard InChI is InChI=1S/C24H17FN4O8/c1-13(30)36-18-8-7-16(11-26)20(27-18)37-23(33)15-5-2-4-14(10-15)21(31)29-22(32)17(25)12-28(24(29)34)19-6-3-9-35-19/h2,4-5,7-8,10,12,19H,3,6,9H2,1H3. The number of pyridine rings is 1. The maximum atomic E-state index is 14.3. The number of rotatable bonds is 5. The van der Waals surface area contributed by atoms with E-state index in [1.165, 1.54) is 30.3 Å². The Labute approximate surface area is 207 Å². The van der Waals surface area contributed by atoms with Crippen LogP contribution in [0.1, 0.15) is 52.3 Å². The van der Waals surface area contributed by atoms with Gasteiger partial charge in [0.25, 0.3) is 11.5 Å². The summed E-state index contributed by atoms with van der Waals surface area (Å²) in [5.41, 5.74) is -3.19. The highest BCUT2D eigenvalue weighted by atomic mass is 19.1. The first-order valence-corrected chi connectivity index (χ1v) is 10.8. The number of ether oxygens (including phenoxy) is 3. The number of aromatic nitrogens is 3. The molecule has 1 fully saturated rings. The van der Waals surface area contributed by atoms with Crippen LogP contribution in [0.2, 0.25) is 0 Å². The molecule has 3 heterocycles. The van der Waals surface area contributed by atoms with Crippen molar-refractivity contribution >= 4 is 17.8 Å². The number of esters is 2. The summed E-state index contributed by atoms with van der Waals surface area (Å²) in [5, 5.41) is 9.26. The quantitative estimate of drug-likeness (QED) is 0.463. The zero-order valence-corrected chi connectivity index (χ0v) is 19.2. The number of hydrogen-bond acceptors (Lipinski definition) is 10. The van der Waals surface area contributed by atoms with E-state index in [0.717, 1.165) is 17.6 Å². The molecule has 1 unspecified atom stereocenters. The highest BCUT2D eigenvalue weighted by Crippen LogP contribution is 2.22. The van der Waals surface area contributed by atoms with Crippen LogP contribution in [0.15, 0.2) is 52.2 Å². The Hall–Kier alpha value is -4.96. The van der Waals surface area contributed by atoms with Crippen LogP contribution in [0.3, 0.4) is 0 Å². The maximum Gasteiger partial charge on any atom is 0.344 e. The fourth-order valence-electron chi connectivity index (χ4n) is 3.55. The Morgan fingerprint density at radius 1 is 1.16 bits per heavy atom. The van der Waals surface area contributed by atoms with Crippen LogP contribution < -0.4 is 20.7 Å². The summed E-state index contributed by atoms with van der Waals surface area (Å²) in [6.45, 7) is 1.47. The van der Waals surface area contributed by atoms with E-state index >= 15 is 0 Å². The minimum atomic E-state index is -1.46. The number of hydrogen-bond donors (Lipinski definition) is 0. The van der Waals surface area contributed by atoms with E-state index in [2.05, 4.69) is 4.98 Å². The lowest BCUT2D eigenvalue weighted by Crippen LogP contribution is -2.46. The molecule has 0 spiro atoms. The predicted molar refractivity (Wildman–Crippen MR) is 121 cm³/mol. The number of carbonyl (C=O) groups excluding carboxylic acids is 3. The fourth-order valence-corrected chi connectivity index (χ4v) is 3.55. The first kappa shape index (κ1) is 25.1. The van der Waals surface area contributed by atoms with Crippen LogP contribution in [0.4, 0.5) is 4.39 Å². The van der Waals surface area contributed by atoms with Gasteiger partial charge in [-0.3, -0.25) is 19.0 Å². The van der Waals surface area contributed by atoms with Gasteiger partial charge in [0.05, 0.1) is 11.8 Å². The molecule has 0 saturated carbocycles. The second-order valence-electron chi connectivity index (χ2n) is 7.76. The minimum Gasteiger partial charge on any atom is -0.408 e. The van der Waals surface area contributed by atoms with Crippen LogP contribution in [-0.4, -0.2) is 38.6 Å². The van der Waals surface area contributed by atoms with Gasteiger partial charge < -0.3 is 14.2 Å². The Morgan fingerprint density at radius 2 is 1.92 bits per heavy atom. The molecule has 2 aromatic heterocycles. The monoisotopic (exact) mass is 508 g/mol. The lowest BCUT2D eigenvalue weighted by molar-refractivity contribution is -0.132. The Morgan fingerprint density at radius 3 is 2.59 bits per heavy atom. The van der Waals surface area contributed by atoms with Crippen molar-refractivity contribution in [2.75, 3.05) is 6.61 Å². The largest absolute Gasteiger partial charge is 0.408 e. The molecule has 0 bridgehead atoms. The van der Waals surface area contributed by atoms with Crippen molar-refractivity contribution < 1.29 is 33.0 Å². The Bertz CT molecular complexity index is 1580. The van der Waals surface area contributed by atoms with Crippen molar-refractivity contribution in [3.63, 3.8) is 0 Å². The zero-order valence-electron chi connectivity index (χ0n) is 19.2. The van der Waals surface area contributed by atoms with Crippen LogP contribution in [0.5, 0.6) is 11.8 Å². The first-order valence-electron chi connectivity index (χ1n) is 10.8. The number of halogens is 1. The third-order valence-electron chi connectivity index (χ3n) is 5.23. The molecule has 13 heteroatoms. The third kappa shape index (κ3) is 5.19. The van der Waals surface area contributed by atoms with Gasteiger partial charge in [-0.2, -0.15) is 19.2 Å². The van der Waals surface area contributed by atoms with Crippen LogP contribution in [0, 0.1) is 17.1 Å². The van der Waals surface area contributed by atoms with Crippen LogP contribution in [-0.2, 0) is 9.53 Å². The van der Waals surface area contributed by atoms with E-state index in [0.29, 0.717) is 25.6 Å². The topological polar surface area (TPSA) is 160 Å². The summed E-state index contributed by atoms with van der Waals surface area (Å²) in [6, 6.07) is 9.02. The predicted octanol–water partition coefficient (Wildman–Crippen LogP) is 1.56. The third-order valence-corrected chi connectivity index (χ3v) is 5.23. The lowest BCUT2D eigenvalue weighted by atomic mass is 10.1. The summed E-state index contributed by atoms with van der Waals surface area (Å²) < 4.78 is 30.6. The maximum absolute atomic E-state index is 14.3. The molecular weight excluding hydrogens is 491 g/mol. The van der Waals surface area contributed by atoms with Crippen molar-refractivity contribution in [3.8, 4) is 17.8 Å². The van der Waals surface area contributed by atoms with Gasteiger partial charge in [0.1, 0.15) is 17.9 Å². The van der Waals surface area contributed by atoms with E-state index in [9.17, 15) is 33.6 Å². The molecule has 1 atom stereocenters. The summed E-state index contributed by atoms with van der Waals surface area (Å²) in [7, 11) is 0.